The normalized spacial score (nSPS) is 19.1. The third-order valence-corrected chi connectivity index (χ3v) is 7.42. The molecule has 3 nitrogen and oxygen atoms in total. The molecule has 0 spiro atoms. The van der Waals surface area contributed by atoms with Gasteiger partial charge in [-0.1, -0.05) is 13.8 Å². The molecule has 0 aromatic carbocycles. The quantitative estimate of drug-likeness (QED) is 0.496. The molecule has 1 aliphatic heterocycles. The molecule has 0 aromatic heterocycles. The van der Waals surface area contributed by atoms with Crippen molar-refractivity contribution in [1.82, 2.24) is 4.90 Å². The highest BCUT2D eigenvalue weighted by molar-refractivity contribution is 7.16. The Morgan fingerprint density at radius 3 is 2.88 bits per heavy atom. The van der Waals surface area contributed by atoms with E-state index in [2.05, 4.69) is 23.7 Å². The molecule has 0 bridgehead atoms. The Hall–Kier alpha value is -0.0631. The van der Waals surface area contributed by atoms with Gasteiger partial charge < -0.3 is 9.33 Å². The first-order chi connectivity index (χ1) is 7.70. The third kappa shape index (κ3) is 4.85. The summed E-state index contributed by atoms with van der Waals surface area (Å²) in [5, 5.41) is 0. The van der Waals surface area contributed by atoms with E-state index in [-0.39, 0.29) is 0 Å². The molecule has 5 heteroatoms. The van der Waals surface area contributed by atoms with E-state index in [0.717, 1.165) is 51.2 Å². The largest absolute Gasteiger partial charge is 0.403 e. The standard InChI is InChI=1S/C11H23ClN2OSi/c1-3-9-15-16(12,4-2)10-5-7-14-8-6-13-11-14/h11H,3-10H2,1-2H3. The molecule has 0 saturated heterocycles. The first-order valence-electron chi connectivity index (χ1n) is 6.27. The molecular weight excluding hydrogens is 240 g/mol. The number of halogens is 1. The van der Waals surface area contributed by atoms with Crippen LogP contribution in [0.2, 0.25) is 12.1 Å². The third-order valence-electron chi connectivity index (χ3n) is 2.85. The second kappa shape index (κ2) is 7.30. The predicted molar refractivity (Wildman–Crippen MR) is 72.7 cm³/mol. The lowest BCUT2D eigenvalue weighted by atomic mass is 10.4. The Kier molecular flexibility index (Phi) is 6.39. The molecule has 0 aliphatic carbocycles. The highest BCUT2D eigenvalue weighted by Crippen LogP contribution is 2.24. The SMILES string of the molecule is CCCO[Si](Cl)(CC)CCCN1C=NCC1. The van der Waals surface area contributed by atoms with Crippen LogP contribution in [0.5, 0.6) is 0 Å². The molecule has 0 aromatic rings. The molecule has 0 N–H and O–H groups in total. The summed E-state index contributed by atoms with van der Waals surface area (Å²) in [4.78, 5) is 6.46. The lowest BCUT2D eigenvalue weighted by Crippen LogP contribution is -2.32. The van der Waals surface area contributed by atoms with E-state index in [4.69, 9.17) is 15.5 Å². The summed E-state index contributed by atoms with van der Waals surface area (Å²) in [6.07, 6.45) is 4.13. The zero-order valence-electron chi connectivity index (χ0n) is 10.4. The summed E-state index contributed by atoms with van der Waals surface area (Å²) in [6, 6.07) is 2.05. The maximum atomic E-state index is 6.55. The minimum Gasteiger partial charge on any atom is -0.403 e. The first-order valence-corrected chi connectivity index (χ1v) is 9.60. The second-order valence-corrected chi connectivity index (χ2v) is 9.57. The van der Waals surface area contributed by atoms with Crippen molar-refractivity contribution in [2.24, 2.45) is 4.99 Å². The summed E-state index contributed by atoms with van der Waals surface area (Å²) >= 11 is 6.55. The van der Waals surface area contributed by atoms with Crippen LogP contribution in [0.4, 0.5) is 0 Å². The van der Waals surface area contributed by atoms with Gasteiger partial charge in [0.25, 0.3) is 7.63 Å². The van der Waals surface area contributed by atoms with Crippen molar-refractivity contribution >= 4 is 25.0 Å². The van der Waals surface area contributed by atoms with Crippen LogP contribution in [0, 0.1) is 0 Å². The second-order valence-electron chi connectivity index (χ2n) is 4.25. The van der Waals surface area contributed by atoms with Gasteiger partial charge >= 0.3 is 0 Å². The number of rotatable bonds is 8. The maximum absolute atomic E-state index is 6.55. The number of hydrogen-bond acceptors (Lipinski definition) is 3. The zero-order valence-corrected chi connectivity index (χ0v) is 12.2. The zero-order chi connectivity index (χ0) is 11.9. The van der Waals surface area contributed by atoms with Crippen molar-refractivity contribution in [2.45, 2.75) is 38.8 Å². The van der Waals surface area contributed by atoms with Gasteiger partial charge in [0, 0.05) is 19.7 Å². The van der Waals surface area contributed by atoms with E-state index >= 15 is 0 Å². The van der Waals surface area contributed by atoms with Crippen molar-refractivity contribution in [3.63, 3.8) is 0 Å². The molecule has 1 aliphatic rings. The van der Waals surface area contributed by atoms with E-state index in [1.54, 1.807) is 0 Å². The minimum absolute atomic E-state index is 0.814. The van der Waals surface area contributed by atoms with Gasteiger partial charge in [0.15, 0.2) is 0 Å². The van der Waals surface area contributed by atoms with Gasteiger partial charge in [-0.05, 0) is 24.9 Å². The van der Waals surface area contributed by atoms with Gasteiger partial charge in [-0.3, -0.25) is 4.99 Å². The minimum atomic E-state index is -1.92. The molecule has 0 amide bonds. The monoisotopic (exact) mass is 262 g/mol. The summed E-state index contributed by atoms with van der Waals surface area (Å²) < 4.78 is 5.84. The molecule has 1 heterocycles. The van der Waals surface area contributed by atoms with Gasteiger partial charge in [-0.25, -0.2) is 0 Å². The van der Waals surface area contributed by atoms with Crippen LogP contribution in [0.25, 0.3) is 0 Å². The average Bonchev–Trinajstić information content (AvgIpc) is 2.79. The highest BCUT2D eigenvalue weighted by atomic mass is 35.6. The van der Waals surface area contributed by atoms with Crippen molar-refractivity contribution in [3.05, 3.63) is 0 Å². The van der Waals surface area contributed by atoms with E-state index in [0.29, 0.717) is 0 Å². The van der Waals surface area contributed by atoms with Gasteiger partial charge in [0.05, 0.1) is 12.9 Å². The molecule has 1 unspecified atom stereocenters. The predicted octanol–water partition coefficient (Wildman–Crippen LogP) is 2.85. The number of aliphatic imine (C=N–C) groups is 1. The molecule has 94 valence electrons. The van der Waals surface area contributed by atoms with Gasteiger partial charge in [-0.2, -0.15) is 0 Å². The van der Waals surface area contributed by atoms with Crippen molar-refractivity contribution in [2.75, 3.05) is 26.2 Å². The van der Waals surface area contributed by atoms with Crippen LogP contribution in [-0.2, 0) is 4.43 Å². The molecule has 0 radical (unpaired) electrons. The van der Waals surface area contributed by atoms with Crippen LogP contribution < -0.4 is 0 Å². The van der Waals surface area contributed by atoms with Crippen LogP contribution >= 0.6 is 11.1 Å². The van der Waals surface area contributed by atoms with Crippen molar-refractivity contribution < 1.29 is 4.43 Å². The summed E-state index contributed by atoms with van der Waals surface area (Å²) in [5.74, 6) is 0. The molecule has 1 atom stereocenters. The Bertz CT molecular complexity index is 228. The van der Waals surface area contributed by atoms with Crippen LogP contribution in [0.3, 0.4) is 0 Å². The van der Waals surface area contributed by atoms with E-state index in [1.165, 1.54) is 0 Å². The van der Waals surface area contributed by atoms with Gasteiger partial charge in [0.1, 0.15) is 0 Å². The number of hydrogen-bond donors (Lipinski definition) is 0. The van der Waals surface area contributed by atoms with Crippen molar-refractivity contribution in [3.8, 4) is 0 Å². The van der Waals surface area contributed by atoms with E-state index < -0.39 is 7.63 Å². The van der Waals surface area contributed by atoms with Crippen molar-refractivity contribution in [1.29, 1.82) is 0 Å². The topological polar surface area (TPSA) is 24.8 Å². The maximum Gasteiger partial charge on any atom is 0.289 e. The molecule has 1 rings (SSSR count). The first kappa shape index (κ1) is 14.0. The van der Waals surface area contributed by atoms with E-state index in [1.807, 2.05) is 6.34 Å². The lowest BCUT2D eigenvalue weighted by Gasteiger charge is -2.24. The fraction of sp³-hybridized carbons (Fsp3) is 0.909. The summed E-state index contributed by atoms with van der Waals surface area (Å²) in [5.41, 5.74) is 0. The lowest BCUT2D eigenvalue weighted by molar-refractivity contribution is 0.309. The average molecular weight is 263 g/mol. The van der Waals surface area contributed by atoms with Gasteiger partial charge in [-0.15, -0.1) is 11.1 Å². The summed E-state index contributed by atoms with van der Waals surface area (Å²) in [7, 11) is -1.92. The van der Waals surface area contributed by atoms with Crippen LogP contribution in [-0.4, -0.2) is 45.1 Å². The Balaban J connectivity index is 2.18. The highest BCUT2D eigenvalue weighted by Gasteiger charge is 2.29. The Labute approximate surface area is 105 Å². The molecule has 0 fully saturated rings. The molecule has 16 heavy (non-hydrogen) atoms. The summed E-state index contributed by atoms with van der Waals surface area (Å²) in [6.45, 7) is 8.17. The number of nitrogens with zero attached hydrogens (tertiary/aromatic N) is 2. The fourth-order valence-corrected chi connectivity index (χ4v) is 4.36. The smallest absolute Gasteiger partial charge is 0.289 e. The Morgan fingerprint density at radius 2 is 2.31 bits per heavy atom. The van der Waals surface area contributed by atoms with Crippen LogP contribution in [0.1, 0.15) is 26.7 Å². The fourth-order valence-electron chi connectivity index (χ4n) is 1.77. The molecular formula is C11H23ClN2OSi. The molecule has 0 saturated carbocycles. The van der Waals surface area contributed by atoms with Gasteiger partial charge in [0.2, 0.25) is 0 Å². The Morgan fingerprint density at radius 1 is 1.50 bits per heavy atom. The van der Waals surface area contributed by atoms with Crippen LogP contribution in [0.15, 0.2) is 4.99 Å². The van der Waals surface area contributed by atoms with E-state index in [9.17, 15) is 0 Å².